The Morgan fingerprint density at radius 1 is 0.792 bits per heavy atom. The fourth-order valence-corrected chi connectivity index (χ4v) is 7.05. The first kappa shape index (κ1) is 36.6. The lowest BCUT2D eigenvalue weighted by Crippen LogP contribution is -2.27. The second kappa shape index (κ2) is 16.8. The fourth-order valence-electron chi connectivity index (χ4n) is 7.05. The number of allylic oxidation sites excluding steroid dienone is 6. The van der Waals surface area contributed by atoms with Crippen LogP contribution >= 0.6 is 0 Å². The third-order valence-electron chi connectivity index (χ3n) is 9.85. The molecule has 2 heterocycles. The third kappa shape index (κ3) is 8.83. The van der Waals surface area contributed by atoms with Gasteiger partial charge in [-0.05, 0) is 64.2 Å². The Morgan fingerprint density at radius 2 is 1.44 bits per heavy atom. The summed E-state index contributed by atoms with van der Waals surface area (Å²) in [4.78, 5) is 26.4. The van der Waals surface area contributed by atoms with Gasteiger partial charge in [-0.15, -0.1) is 0 Å². The van der Waals surface area contributed by atoms with Crippen molar-refractivity contribution >= 4 is 28.9 Å². The largest absolute Gasteiger partial charge is 0.356 e. The number of para-hydroxylation sites is 2. The highest BCUT2D eigenvalue weighted by Gasteiger charge is 2.42. The predicted octanol–water partition coefficient (Wildman–Crippen LogP) is 8.42. The van der Waals surface area contributed by atoms with Crippen molar-refractivity contribution in [3.63, 3.8) is 0 Å². The Bertz CT molecular complexity index is 1590. The van der Waals surface area contributed by atoms with Gasteiger partial charge in [-0.25, -0.2) is 0 Å². The molecule has 0 atom stereocenters. The van der Waals surface area contributed by atoms with Gasteiger partial charge in [0.15, 0.2) is 5.71 Å². The topological polar surface area (TPSA) is 64.5 Å². The molecule has 48 heavy (non-hydrogen) atoms. The Balaban J connectivity index is 1.24. The molecule has 2 aliphatic rings. The molecule has 0 bridgehead atoms. The van der Waals surface area contributed by atoms with Crippen LogP contribution in [-0.4, -0.2) is 48.8 Å². The van der Waals surface area contributed by atoms with E-state index in [1.165, 1.54) is 33.9 Å². The smallest absolute Gasteiger partial charge is 0.246 e. The minimum atomic E-state index is -0.0901. The molecule has 256 valence electrons. The highest BCUT2D eigenvalue weighted by molar-refractivity contribution is 6.03. The Labute approximate surface area is 289 Å². The van der Waals surface area contributed by atoms with Crippen molar-refractivity contribution in [2.45, 2.75) is 96.8 Å². The number of hydrogen-bond acceptors (Lipinski definition) is 3. The van der Waals surface area contributed by atoms with E-state index in [4.69, 9.17) is 0 Å². The lowest BCUT2D eigenvalue weighted by molar-refractivity contribution is -0.401. The number of unbranched alkanes of at least 4 members (excludes halogenated alkanes) is 5. The lowest BCUT2D eigenvalue weighted by Gasteiger charge is -2.27. The summed E-state index contributed by atoms with van der Waals surface area (Å²) in [5, 5.41) is 5.94. The van der Waals surface area contributed by atoms with Gasteiger partial charge in [-0.3, -0.25) is 9.59 Å². The van der Waals surface area contributed by atoms with E-state index in [2.05, 4.69) is 140 Å². The molecule has 2 amide bonds. The molecule has 6 nitrogen and oxygen atoms in total. The number of carbonyl (C=O) groups is 2. The van der Waals surface area contributed by atoms with Crippen LogP contribution in [0.5, 0.6) is 0 Å². The van der Waals surface area contributed by atoms with Gasteiger partial charge < -0.3 is 15.5 Å². The van der Waals surface area contributed by atoms with Crippen LogP contribution in [0.2, 0.25) is 0 Å². The highest BCUT2D eigenvalue weighted by atomic mass is 16.2. The number of benzene rings is 2. The zero-order valence-electron chi connectivity index (χ0n) is 30.2. The van der Waals surface area contributed by atoms with E-state index in [1.54, 1.807) is 6.92 Å². The monoisotopic (exact) mass is 649 g/mol. The molecule has 2 aromatic carbocycles. The van der Waals surface area contributed by atoms with Crippen LogP contribution in [0.1, 0.15) is 97.1 Å². The average Bonchev–Trinajstić information content (AvgIpc) is 3.39. The molecule has 0 saturated heterocycles. The Hall–Kier alpha value is -4.19. The first-order valence-electron chi connectivity index (χ1n) is 17.8. The Morgan fingerprint density at radius 3 is 2.15 bits per heavy atom. The van der Waals surface area contributed by atoms with E-state index in [0.29, 0.717) is 18.5 Å². The number of amides is 2. The van der Waals surface area contributed by atoms with Crippen molar-refractivity contribution in [1.82, 2.24) is 10.6 Å². The molecule has 0 aromatic heterocycles. The minimum absolute atomic E-state index is 0.0341. The van der Waals surface area contributed by atoms with Gasteiger partial charge in [-0.1, -0.05) is 94.3 Å². The number of carbonyl (C=O) groups excluding carboxylic acids is 2. The molecule has 0 aliphatic carbocycles. The zero-order valence-corrected chi connectivity index (χ0v) is 30.2. The lowest BCUT2D eigenvalue weighted by atomic mass is 9.81. The number of nitrogens with one attached hydrogen (secondary N) is 2. The fraction of sp³-hybridized carbons (Fsp3) is 0.452. The maximum atomic E-state index is 12.4. The normalized spacial score (nSPS) is 17.0. The molecule has 4 rings (SSSR count). The Kier molecular flexibility index (Phi) is 12.8. The molecular formula is C42H57N4O2+. The van der Waals surface area contributed by atoms with Crippen molar-refractivity contribution < 1.29 is 14.2 Å². The summed E-state index contributed by atoms with van der Waals surface area (Å²) in [6.07, 6.45) is 18.5. The summed E-state index contributed by atoms with van der Waals surface area (Å²) in [6, 6.07) is 17.4. The first-order valence-corrected chi connectivity index (χ1v) is 17.8. The molecule has 2 aliphatic heterocycles. The average molecular weight is 650 g/mol. The molecule has 0 saturated carbocycles. The molecule has 0 unspecified atom stereocenters. The van der Waals surface area contributed by atoms with Crippen LogP contribution < -0.4 is 15.5 Å². The van der Waals surface area contributed by atoms with E-state index in [-0.39, 0.29) is 22.6 Å². The molecule has 0 radical (unpaired) electrons. The van der Waals surface area contributed by atoms with Crippen LogP contribution in [0, 0.1) is 0 Å². The number of rotatable bonds is 17. The van der Waals surface area contributed by atoms with Crippen LogP contribution in [0.25, 0.3) is 0 Å². The standard InChI is InChI=1S/C42H56N4O2/c1-32(2)40(48)44-30-20-9-8-19-29-43-39(47)28-14-11-21-31-46-36-25-18-16-23-34(36)42(5,6)38(46)27-13-10-12-26-37-41(3,4)33-22-15-17-24-35(33)45(37)7/h10,12-13,15-18,22-27H,1,8-9,11,14,19-21,28-31H2,2-7H3,(H-,43,44,47,48)/p+1. The summed E-state index contributed by atoms with van der Waals surface area (Å²) >= 11 is 0. The van der Waals surface area contributed by atoms with Gasteiger partial charge in [0, 0.05) is 66.1 Å². The van der Waals surface area contributed by atoms with Gasteiger partial charge in [0.1, 0.15) is 7.05 Å². The molecule has 2 N–H and O–H groups in total. The van der Waals surface area contributed by atoms with Crippen LogP contribution in [0.3, 0.4) is 0 Å². The second-order valence-corrected chi connectivity index (χ2v) is 14.3. The molecule has 6 heteroatoms. The minimum Gasteiger partial charge on any atom is -0.356 e. The van der Waals surface area contributed by atoms with Gasteiger partial charge in [0.25, 0.3) is 0 Å². The van der Waals surface area contributed by atoms with E-state index in [9.17, 15) is 9.59 Å². The number of anilines is 1. The second-order valence-electron chi connectivity index (χ2n) is 14.3. The SMILES string of the molecule is C=C(C)C(=O)NCCCCCCNC(=O)CCCCCN1C(=CC=CC=CC2=[N+](C)c3ccccc3C2(C)C)C(C)(C)c2ccccc21. The highest BCUT2D eigenvalue weighted by Crippen LogP contribution is 2.47. The third-order valence-corrected chi connectivity index (χ3v) is 9.85. The van der Waals surface area contributed by atoms with E-state index in [1.807, 2.05) is 0 Å². The van der Waals surface area contributed by atoms with Crippen LogP contribution in [-0.2, 0) is 20.4 Å². The zero-order chi connectivity index (χ0) is 34.7. The first-order chi connectivity index (χ1) is 23.0. The number of hydrogen-bond donors (Lipinski definition) is 2. The van der Waals surface area contributed by atoms with Crippen molar-refractivity contribution in [1.29, 1.82) is 0 Å². The summed E-state index contributed by atoms with van der Waals surface area (Å²) in [5.74, 6) is 0.0666. The van der Waals surface area contributed by atoms with Crippen LogP contribution in [0.4, 0.5) is 11.4 Å². The maximum absolute atomic E-state index is 12.4. The summed E-state index contributed by atoms with van der Waals surface area (Å²) in [6.45, 7) is 16.9. The maximum Gasteiger partial charge on any atom is 0.246 e. The molecule has 0 spiro atoms. The van der Waals surface area contributed by atoms with Gasteiger partial charge in [0.05, 0.1) is 5.41 Å². The van der Waals surface area contributed by atoms with E-state index >= 15 is 0 Å². The van der Waals surface area contributed by atoms with E-state index < -0.39 is 0 Å². The van der Waals surface area contributed by atoms with Crippen molar-refractivity contribution in [3.05, 3.63) is 108 Å². The quantitative estimate of drug-likeness (QED) is 0.0783. The van der Waals surface area contributed by atoms with Gasteiger partial charge >= 0.3 is 0 Å². The predicted molar refractivity (Wildman–Crippen MR) is 201 cm³/mol. The molecule has 2 aromatic rings. The number of fused-ring (bicyclic) bond motifs is 2. The molecule has 0 fully saturated rings. The van der Waals surface area contributed by atoms with Crippen molar-refractivity contribution in [2.24, 2.45) is 0 Å². The van der Waals surface area contributed by atoms with Crippen molar-refractivity contribution in [3.8, 4) is 0 Å². The van der Waals surface area contributed by atoms with Crippen LogP contribution in [0.15, 0.2) is 96.8 Å². The van der Waals surface area contributed by atoms with Gasteiger partial charge in [0.2, 0.25) is 17.5 Å². The van der Waals surface area contributed by atoms with Gasteiger partial charge in [-0.2, -0.15) is 4.58 Å². The summed E-state index contributed by atoms with van der Waals surface area (Å²) in [7, 11) is 2.16. The van der Waals surface area contributed by atoms with E-state index in [0.717, 1.165) is 58.0 Å². The molecular weight excluding hydrogens is 592 g/mol. The van der Waals surface area contributed by atoms with Crippen molar-refractivity contribution in [2.75, 3.05) is 31.6 Å². The summed E-state index contributed by atoms with van der Waals surface area (Å²) in [5.41, 5.74) is 8.31. The number of nitrogens with zero attached hydrogens (tertiary/aromatic N) is 2. The summed E-state index contributed by atoms with van der Waals surface area (Å²) < 4.78 is 2.31.